The van der Waals surface area contributed by atoms with E-state index in [0.717, 1.165) is 18.7 Å². The number of fused-ring (bicyclic) bond motifs is 5. The van der Waals surface area contributed by atoms with E-state index < -0.39 is 59.6 Å². The Bertz CT molecular complexity index is 999. The molecule has 4 rings (SSSR count). The highest BCUT2D eigenvalue weighted by Crippen LogP contribution is 2.54. The summed E-state index contributed by atoms with van der Waals surface area (Å²) in [5, 5.41) is 9.21. The van der Waals surface area contributed by atoms with Crippen LogP contribution in [0.3, 0.4) is 0 Å². The smallest absolute Gasteiger partial charge is 0.335 e. The number of carboxylic acids is 1. The number of anilines is 1. The molecule has 2 saturated heterocycles. The van der Waals surface area contributed by atoms with Crippen LogP contribution in [-0.2, 0) is 33.4 Å². The molecule has 3 heterocycles. The molecule has 0 aliphatic carbocycles. The van der Waals surface area contributed by atoms with Crippen molar-refractivity contribution < 1.29 is 43.3 Å². The van der Waals surface area contributed by atoms with Crippen LogP contribution in [0.15, 0.2) is 36.4 Å². The van der Waals surface area contributed by atoms with Crippen LogP contribution in [0.4, 0.5) is 5.69 Å². The highest BCUT2D eigenvalue weighted by atomic mass is 16.7. The highest BCUT2D eigenvalue weighted by molar-refractivity contribution is 6.23. The highest BCUT2D eigenvalue weighted by Gasteiger charge is 2.72. The topological polar surface area (TPSA) is 137 Å². The van der Waals surface area contributed by atoms with E-state index in [9.17, 15) is 29.1 Å². The standard InChI is InChI=1S/C20H17NO9/c1-9(22)28-19(29-10(2)23)20-7-6-13(30-20)14-15(20)17(25)21(16(14)24)12-5-3-4-11(8-12)18(26)27/h3-8,13-15,19H,1-2H3,(H,26,27)/t13-,14-,15+,20+/m0/s1. The van der Waals surface area contributed by atoms with Gasteiger partial charge in [0.05, 0.1) is 29.2 Å². The molecule has 30 heavy (non-hydrogen) atoms. The molecule has 0 spiro atoms. The van der Waals surface area contributed by atoms with Crippen LogP contribution in [0.2, 0.25) is 0 Å². The Kier molecular flexibility index (Phi) is 4.46. The fraction of sp³-hybridized carbons (Fsp3) is 0.350. The summed E-state index contributed by atoms with van der Waals surface area (Å²) in [7, 11) is 0. The van der Waals surface area contributed by atoms with Crippen LogP contribution < -0.4 is 4.90 Å². The molecule has 1 aromatic rings. The average molecular weight is 415 g/mol. The monoisotopic (exact) mass is 415 g/mol. The van der Waals surface area contributed by atoms with Gasteiger partial charge < -0.3 is 19.3 Å². The Morgan fingerprint density at radius 3 is 2.40 bits per heavy atom. The van der Waals surface area contributed by atoms with E-state index in [1.165, 1.54) is 30.3 Å². The minimum absolute atomic E-state index is 0.0880. The Morgan fingerprint density at radius 2 is 1.80 bits per heavy atom. The van der Waals surface area contributed by atoms with E-state index in [0.29, 0.717) is 0 Å². The first-order valence-corrected chi connectivity index (χ1v) is 9.08. The summed E-state index contributed by atoms with van der Waals surface area (Å²) in [6.07, 6.45) is 0.680. The molecule has 3 aliphatic heterocycles. The number of esters is 2. The van der Waals surface area contributed by atoms with Crippen molar-refractivity contribution in [2.75, 3.05) is 4.90 Å². The molecule has 0 unspecified atom stereocenters. The first kappa shape index (κ1) is 19.8. The van der Waals surface area contributed by atoms with Crippen LogP contribution in [-0.4, -0.2) is 52.8 Å². The van der Waals surface area contributed by atoms with Crippen LogP contribution >= 0.6 is 0 Å². The maximum absolute atomic E-state index is 13.3. The van der Waals surface area contributed by atoms with E-state index in [1.807, 2.05) is 0 Å². The first-order chi connectivity index (χ1) is 14.2. The minimum Gasteiger partial charge on any atom is -0.478 e. The molecule has 2 amide bonds. The SMILES string of the molecule is CC(=O)OC(OC(C)=O)[C@]12C=C[C@H](O1)[C@@H]1C(=O)N(c3cccc(C(=O)O)c3)C(=O)[C@@H]12. The van der Waals surface area contributed by atoms with E-state index in [-0.39, 0.29) is 11.3 Å². The lowest BCUT2D eigenvalue weighted by molar-refractivity contribution is -0.226. The number of carbonyl (C=O) groups is 5. The maximum atomic E-state index is 13.3. The number of hydrogen-bond acceptors (Lipinski definition) is 8. The molecular formula is C20H17NO9. The van der Waals surface area contributed by atoms with E-state index >= 15 is 0 Å². The van der Waals surface area contributed by atoms with Crippen molar-refractivity contribution in [1.82, 2.24) is 0 Å². The Hall–Kier alpha value is -3.53. The van der Waals surface area contributed by atoms with Gasteiger partial charge in [0.25, 0.3) is 6.29 Å². The zero-order valence-corrected chi connectivity index (χ0v) is 15.9. The van der Waals surface area contributed by atoms with E-state index in [2.05, 4.69) is 0 Å². The van der Waals surface area contributed by atoms with Gasteiger partial charge in [-0.25, -0.2) is 9.69 Å². The lowest BCUT2D eigenvalue weighted by Crippen LogP contribution is -2.52. The molecule has 10 nitrogen and oxygen atoms in total. The lowest BCUT2D eigenvalue weighted by atomic mass is 9.76. The number of hydrogen-bond donors (Lipinski definition) is 1. The van der Waals surface area contributed by atoms with Crippen molar-refractivity contribution in [3.8, 4) is 0 Å². The summed E-state index contributed by atoms with van der Waals surface area (Å²) < 4.78 is 16.1. The van der Waals surface area contributed by atoms with Gasteiger partial charge in [0.15, 0.2) is 5.60 Å². The van der Waals surface area contributed by atoms with Crippen LogP contribution in [0.1, 0.15) is 24.2 Å². The van der Waals surface area contributed by atoms with E-state index in [1.54, 1.807) is 6.08 Å². The number of aromatic carboxylic acids is 1. The van der Waals surface area contributed by atoms with Gasteiger partial charge >= 0.3 is 17.9 Å². The van der Waals surface area contributed by atoms with Gasteiger partial charge in [-0.15, -0.1) is 0 Å². The quantitative estimate of drug-likeness (QED) is 0.318. The van der Waals surface area contributed by atoms with Gasteiger partial charge in [-0.05, 0) is 24.3 Å². The van der Waals surface area contributed by atoms with E-state index in [4.69, 9.17) is 14.2 Å². The molecule has 2 bridgehead atoms. The molecule has 0 aromatic heterocycles. The molecular weight excluding hydrogens is 398 g/mol. The number of imide groups is 1. The summed E-state index contributed by atoms with van der Waals surface area (Å²) in [6, 6.07) is 5.43. The largest absolute Gasteiger partial charge is 0.478 e. The number of nitrogens with zero attached hydrogens (tertiary/aromatic N) is 1. The third-order valence-corrected chi connectivity index (χ3v) is 5.34. The van der Waals surface area contributed by atoms with Crippen LogP contribution in [0.5, 0.6) is 0 Å². The molecule has 1 N–H and O–H groups in total. The first-order valence-electron chi connectivity index (χ1n) is 9.08. The summed E-state index contributed by atoms with van der Waals surface area (Å²) >= 11 is 0. The average Bonchev–Trinajstić information content (AvgIpc) is 3.32. The zero-order chi connectivity index (χ0) is 21.8. The molecule has 1 aromatic carbocycles. The maximum Gasteiger partial charge on any atom is 0.335 e. The van der Waals surface area contributed by atoms with Gasteiger partial charge in [-0.3, -0.25) is 19.2 Å². The number of carboxylic acid groups (broad SMARTS) is 1. The van der Waals surface area contributed by atoms with Gasteiger partial charge in [0, 0.05) is 13.8 Å². The van der Waals surface area contributed by atoms with Gasteiger partial charge in [0.2, 0.25) is 11.8 Å². The van der Waals surface area contributed by atoms with Crippen molar-refractivity contribution in [2.45, 2.75) is 31.8 Å². The fourth-order valence-corrected chi connectivity index (χ4v) is 4.25. The lowest BCUT2D eigenvalue weighted by Gasteiger charge is -2.34. The molecule has 3 aliphatic rings. The fourth-order valence-electron chi connectivity index (χ4n) is 4.25. The van der Waals surface area contributed by atoms with Crippen molar-refractivity contribution >= 4 is 35.4 Å². The minimum atomic E-state index is -1.65. The molecule has 0 radical (unpaired) electrons. The second kappa shape index (κ2) is 6.77. The molecule has 10 heteroatoms. The number of carbonyl (C=O) groups excluding carboxylic acids is 4. The number of benzene rings is 1. The van der Waals surface area contributed by atoms with Crippen LogP contribution in [0.25, 0.3) is 0 Å². The van der Waals surface area contributed by atoms with Gasteiger partial charge in [-0.2, -0.15) is 0 Å². The third kappa shape index (κ3) is 2.79. The van der Waals surface area contributed by atoms with Crippen molar-refractivity contribution in [1.29, 1.82) is 0 Å². The van der Waals surface area contributed by atoms with Crippen LogP contribution in [0, 0.1) is 11.8 Å². The molecule has 0 saturated carbocycles. The summed E-state index contributed by atoms with van der Waals surface area (Å²) in [5.41, 5.74) is -1.64. The zero-order valence-electron chi connectivity index (χ0n) is 15.9. The van der Waals surface area contributed by atoms with Crippen molar-refractivity contribution in [2.24, 2.45) is 11.8 Å². The second-order valence-corrected chi connectivity index (χ2v) is 7.22. The van der Waals surface area contributed by atoms with Gasteiger partial charge in [0.1, 0.15) is 0 Å². The number of rotatable bonds is 5. The summed E-state index contributed by atoms with van der Waals surface area (Å²) in [5.74, 6) is -6.01. The Morgan fingerprint density at radius 1 is 1.13 bits per heavy atom. The number of amides is 2. The molecule has 156 valence electrons. The predicted molar refractivity (Wildman–Crippen MR) is 96.9 cm³/mol. The Labute approximate surface area is 170 Å². The predicted octanol–water partition coefficient (Wildman–Crippen LogP) is 0.650. The molecule has 4 atom stereocenters. The van der Waals surface area contributed by atoms with Gasteiger partial charge in [-0.1, -0.05) is 12.1 Å². The second-order valence-electron chi connectivity index (χ2n) is 7.22. The summed E-state index contributed by atoms with van der Waals surface area (Å²) in [6.45, 7) is 2.22. The summed E-state index contributed by atoms with van der Waals surface area (Å²) in [4.78, 5) is 61.7. The normalized spacial score (nSPS) is 28.8. The van der Waals surface area contributed by atoms with Crippen molar-refractivity contribution in [3.63, 3.8) is 0 Å². The third-order valence-electron chi connectivity index (χ3n) is 5.34. The van der Waals surface area contributed by atoms with Crippen molar-refractivity contribution in [3.05, 3.63) is 42.0 Å². The molecule has 2 fully saturated rings. The Balaban J connectivity index is 1.75. The number of ether oxygens (including phenoxy) is 3.